The zero-order valence-corrected chi connectivity index (χ0v) is 16.9. The van der Waals surface area contributed by atoms with Crippen LogP contribution in [0.5, 0.6) is 0 Å². The van der Waals surface area contributed by atoms with Crippen molar-refractivity contribution in [2.24, 2.45) is 0 Å². The summed E-state index contributed by atoms with van der Waals surface area (Å²) in [6, 6.07) is 15.2. The number of rotatable bonds is 5. The molecule has 0 saturated heterocycles. The molecule has 1 amide bonds. The largest absolute Gasteiger partial charge is 0.353 e. The monoisotopic (exact) mass is 400 g/mol. The summed E-state index contributed by atoms with van der Waals surface area (Å²) in [4.78, 5) is 11.7. The molecule has 1 fully saturated rings. The number of hydrogen-bond acceptors (Lipinski definition) is 4. The van der Waals surface area contributed by atoms with E-state index in [9.17, 15) is 4.79 Å². The summed E-state index contributed by atoms with van der Waals surface area (Å²) in [6.07, 6.45) is 7.07. The van der Waals surface area contributed by atoms with Crippen molar-refractivity contribution in [3.8, 4) is 22.4 Å². The van der Waals surface area contributed by atoms with Crippen molar-refractivity contribution >= 4 is 16.8 Å². The zero-order valence-electron chi connectivity index (χ0n) is 16.9. The summed E-state index contributed by atoms with van der Waals surface area (Å²) < 4.78 is 2.02. The number of amides is 1. The second kappa shape index (κ2) is 7.74. The zero-order chi connectivity index (χ0) is 20.5. The van der Waals surface area contributed by atoms with Crippen LogP contribution in [-0.4, -0.2) is 37.1 Å². The molecule has 2 N–H and O–H groups in total. The van der Waals surface area contributed by atoms with Gasteiger partial charge in [-0.05, 0) is 36.5 Å². The van der Waals surface area contributed by atoms with Crippen LogP contribution >= 0.6 is 0 Å². The van der Waals surface area contributed by atoms with Gasteiger partial charge < -0.3 is 5.32 Å². The third kappa shape index (κ3) is 3.36. The first-order chi connectivity index (χ1) is 14.7. The third-order valence-electron chi connectivity index (χ3n) is 5.99. The van der Waals surface area contributed by atoms with Gasteiger partial charge in [0.2, 0.25) is 5.91 Å². The molecule has 0 spiro atoms. The van der Waals surface area contributed by atoms with Gasteiger partial charge in [-0.1, -0.05) is 48.5 Å². The maximum absolute atomic E-state index is 11.7. The van der Waals surface area contributed by atoms with E-state index in [1.54, 1.807) is 0 Å². The quantitative estimate of drug-likeness (QED) is 0.528. The number of fused-ring (bicyclic) bond motifs is 1. The highest BCUT2D eigenvalue weighted by atomic mass is 16.1. The number of aromatic amines is 1. The van der Waals surface area contributed by atoms with Gasteiger partial charge in [0.05, 0.1) is 29.6 Å². The van der Waals surface area contributed by atoms with Crippen molar-refractivity contribution in [2.45, 2.75) is 44.7 Å². The van der Waals surface area contributed by atoms with E-state index in [2.05, 4.69) is 56.2 Å². The number of benzene rings is 2. The van der Waals surface area contributed by atoms with Crippen molar-refractivity contribution in [1.82, 2.24) is 30.5 Å². The smallest absolute Gasteiger partial charge is 0.219 e. The molecular formula is C23H24N6O. The van der Waals surface area contributed by atoms with Crippen LogP contribution < -0.4 is 5.32 Å². The normalized spacial score (nSPS) is 18.7. The molecule has 1 unspecified atom stereocenters. The van der Waals surface area contributed by atoms with E-state index in [1.807, 2.05) is 36.1 Å². The Labute approximate surface area is 174 Å². The first-order valence-electron chi connectivity index (χ1n) is 10.5. The molecule has 30 heavy (non-hydrogen) atoms. The first kappa shape index (κ1) is 18.5. The van der Waals surface area contributed by atoms with E-state index < -0.39 is 0 Å². The highest BCUT2D eigenvalue weighted by Gasteiger charge is 2.29. The van der Waals surface area contributed by atoms with Crippen LogP contribution in [0.2, 0.25) is 0 Å². The summed E-state index contributed by atoms with van der Waals surface area (Å²) >= 11 is 0. The van der Waals surface area contributed by atoms with Gasteiger partial charge in [-0.15, -0.1) is 5.10 Å². The fraction of sp³-hybridized carbons (Fsp3) is 0.304. The number of aromatic nitrogens is 5. The molecule has 0 aliphatic heterocycles. The number of carbonyl (C=O) groups is 1. The van der Waals surface area contributed by atoms with E-state index in [0.717, 1.165) is 52.5 Å². The predicted molar refractivity (Wildman–Crippen MR) is 116 cm³/mol. The van der Waals surface area contributed by atoms with Gasteiger partial charge in [0.15, 0.2) is 0 Å². The Hall–Kier alpha value is -3.48. The average Bonchev–Trinajstić information content (AvgIpc) is 3.53. The summed E-state index contributed by atoms with van der Waals surface area (Å²) in [6.45, 7) is 1.88. The summed E-state index contributed by atoms with van der Waals surface area (Å²) in [5, 5.41) is 19.9. The molecule has 4 aromatic rings. The summed E-state index contributed by atoms with van der Waals surface area (Å²) in [5.41, 5.74) is 5.43. The van der Waals surface area contributed by atoms with Gasteiger partial charge >= 0.3 is 0 Å². The Morgan fingerprint density at radius 1 is 1.13 bits per heavy atom. The second-order valence-corrected chi connectivity index (χ2v) is 7.86. The maximum atomic E-state index is 11.7. The Morgan fingerprint density at radius 2 is 1.97 bits per heavy atom. The maximum Gasteiger partial charge on any atom is 0.219 e. The van der Waals surface area contributed by atoms with E-state index in [0.29, 0.717) is 6.42 Å². The Bertz CT molecular complexity index is 1180. The van der Waals surface area contributed by atoms with Crippen LogP contribution in [0.1, 0.15) is 38.6 Å². The number of H-pyrrole nitrogens is 1. The van der Waals surface area contributed by atoms with Crippen LogP contribution in [0, 0.1) is 0 Å². The molecule has 7 nitrogen and oxygen atoms in total. The standard InChI is InChI=1S/C23H24N6O/c1-2-23(30)26-17-10-11-18(12-17)29-22(14-25-28-29)16-8-6-15(7-9-16)19-4-3-5-21-20(19)13-24-27-21/h3-9,13-14,17-18H,2,10-12H2,1H3,(H,24,27)(H,26,30)/t17-,18?/m0/s1. The lowest BCUT2D eigenvalue weighted by Gasteiger charge is -2.15. The highest BCUT2D eigenvalue weighted by Crippen LogP contribution is 2.34. The molecule has 0 bridgehead atoms. The number of hydrogen-bond donors (Lipinski definition) is 2. The van der Waals surface area contributed by atoms with Gasteiger partial charge in [0, 0.05) is 23.4 Å². The number of carbonyl (C=O) groups excluding carboxylic acids is 1. The van der Waals surface area contributed by atoms with Gasteiger partial charge in [-0.3, -0.25) is 9.89 Å². The first-order valence-corrected chi connectivity index (χ1v) is 10.5. The molecule has 2 aromatic carbocycles. The molecule has 1 saturated carbocycles. The SMILES string of the molecule is CCC(=O)N[C@H]1CCC(n2nncc2-c2ccc(-c3cccc4[nH]ncc34)cc2)C1. The van der Waals surface area contributed by atoms with Crippen LogP contribution in [0.25, 0.3) is 33.3 Å². The second-order valence-electron chi connectivity index (χ2n) is 7.86. The van der Waals surface area contributed by atoms with Gasteiger partial charge in [-0.25, -0.2) is 4.68 Å². The fourth-order valence-corrected chi connectivity index (χ4v) is 4.40. The van der Waals surface area contributed by atoms with E-state index in [-0.39, 0.29) is 18.0 Å². The lowest BCUT2D eigenvalue weighted by molar-refractivity contribution is -0.121. The Balaban J connectivity index is 1.38. The van der Waals surface area contributed by atoms with Crippen molar-refractivity contribution in [1.29, 1.82) is 0 Å². The predicted octanol–water partition coefficient (Wildman–Crippen LogP) is 4.11. The third-order valence-corrected chi connectivity index (χ3v) is 5.99. The molecule has 5 rings (SSSR count). The number of nitrogens with zero attached hydrogens (tertiary/aromatic N) is 4. The average molecular weight is 400 g/mol. The van der Waals surface area contributed by atoms with Gasteiger partial charge in [0.1, 0.15) is 0 Å². The van der Waals surface area contributed by atoms with Crippen LogP contribution in [0.15, 0.2) is 54.9 Å². The highest BCUT2D eigenvalue weighted by molar-refractivity contribution is 5.94. The molecule has 0 radical (unpaired) electrons. The minimum absolute atomic E-state index is 0.114. The molecule has 2 atom stereocenters. The number of nitrogens with one attached hydrogen (secondary N) is 2. The topological polar surface area (TPSA) is 88.5 Å². The molecule has 2 heterocycles. The van der Waals surface area contributed by atoms with E-state index in [1.165, 1.54) is 0 Å². The molecule has 1 aliphatic carbocycles. The molecular weight excluding hydrogens is 376 g/mol. The van der Waals surface area contributed by atoms with Gasteiger partial charge in [0.25, 0.3) is 0 Å². The lowest BCUT2D eigenvalue weighted by Crippen LogP contribution is -2.32. The summed E-state index contributed by atoms with van der Waals surface area (Å²) in [7, 11) is 0. The van der Waals surface area contributed by atoms with E-state index >= 15 is 0 Å². The lowest BCUT2D eigenvalue weighted by atomic mass is 10.00. The van der Waals surface area contributed by atoms with Crippen molar-refractivity contribution in [2.75, 3.05) is 0 Å². The molecule has 2 aromatic heterocycles. The Kier molecular flexibility index (Phi) is 4.78. The van der Waals surface area contributed by atoms with Crippen LogP contribution in [0.3, 0.4) is 0 Å². The van der Waals surface area contributed by atoms with Crippen LogP contribution in [-0.2, 0) is 4.79 Å². The fourth-order valence-electron chi connectivity index (χ4n) is 4.40. The van der Waals surface area contributed by atoms with Gasteiger partial charge in [-0.2, -0.15) is 5.10 Å². The minimum atomic E-state index is 0.114. The summed E-state index contributed by atoms with van der Waals surface area (Å²) in [5.74, 6) is 0.114. The van der Waals surface area contributed by atoms with Crippen molar-refractivity contribution in [3.05, 3.63) is 54.9 Å². The van der Waals surface area contributed by atoms with Crippen LogP contribution in [0.4, 0.5) is 0 Å². The van der Waals surface area contributed by atoms with Crippen molar-refractivity contribution in [3.63, 3.8) is 0 Å². The molecule has 152 valence electrons. The Morgan fingerprint density at radius 3 is 2.80 bits per heavy atom. The molecule has 7 heteroatoms. The minimum Gasteiger partial charge on any atom is -0.353 e. The van der Waals surface area contributed by atoms with E-state index in [4.69, 9.17) is 0 Å². The molecule has 1 aliphatic rings. The van der Waals surface area contributed by atoms with Crippen molar-refractivity contribution < 1.29 is 4.79 Å².